The third-order valence-electron chi connectivity index (χ3n) is 2.86. The normalized spacial score (nSPS) is 12.3. The van der Waals surface area contributed by atoms with Crippen molar-refractivity contribution in [1.29, 1.82) is 0 Å². The van der Waals surface area contributed by atoms with Gasteiger partial charge in [0.05, 0.1) is 0 Å². The maximum absolute atomic E-state index is 11.7. The largest absolute Gasteiger partial charge is 0.328 e. The van der Waals surface area contributed by atoms with Gasteiger partial charge >= 0.3 is 0 Å². The number of nitrogens with one attached hydrogen (secondary N) is 1. The van der Waals surface area contributed by atoms with Crippen LogP contribution in [-0.4, -0.2) is 11.9 Å². The monoisotopic (exact) mass is 242 g/mol. The summed E-state index contributed by atoms with van der Waals surface area (Å²) in [6.07, 6.45) is 1.17. The van der Waals surface area contributed by atoms with Crippen LogP contribution in [0.3, 0.4) is 0 Å². The van der Waals surface area contributed by atoms with Crippen molar-refractivity contribution in [2.75, 3.05) is 5.32 Å². The first-order valence-corrected chi connectivity index (χ1v) is 6.19. The van der Waals surface area contributed by atoms with Gasteiger partial charge in [-0.25, -0.2) is 0 Å². The molecule has 0 bridgehead atoms. The number of anilines is 1. The number of amides is 1. The van der Waals surface area contributed by atoms with E-state index in [1.165, 1.54) is 5.39 Å². The fraction of sp³-hybridized carbons (Fsp3) is 0.267. The van der Waals surface area contributed by atoms with Crippen LogP contribution >= 0.6 is 0 Å². The Balaban J connectivity index is 2.05. The molecule has 0 fully saturated rings. The molecule has 0 saturated heterocycles. The number of hydrogen-bond donors (Lipinski definition) is 2. The zero-order valence-corrected chi connectivity index (χ0v) is 10.5. The Bertz CT molecular complexity index is 549. The molecule has 0 aliphatic heterocycles. The van der Waals surface area contributed by atoms with Crippen LogP contribution in [-0.2, 0) is 4.79 Å². The van der Waals surface area contributed by atoms with Gasteiger partial charge in [0.1, 0.15) is 0 Å². The molecule has 2 rings (SSSR count). The number of nitrogens with two attached hydrogens (primary N) is 1. The molecule has 0 radical (unpaired) electrons. The Kier molecular flexibility index (Phi) is 3.95. The lowest BCUT2D eigenvalue weighted by molar-refractivity contribution is -0.116. The topological polar surface area (TPSA) is 55.1 Å². The fourth-order valence-electron chi connectivity index (χ4n) is 1.85. The molecule has 1 amide bonds. The van der Waals surface area contributed by atoms with Gasteiger partial charge < -0.3 is 11.1 Å². The Morgan fingerprint density at radius 3 is 2.67 bits per heavy atom. The first-order chi connectivity index (χ1) is 8.65. The minimum Gasteiger partial charge on any atom is -0.328 e. The first kappa shape index (κ1) is 12.6. The van der Waals surface area contributed by atoms with Gasteiger partial charge in [-0.3, -0.25) is 4.79 Å². The SMILES string of the molecule is CC(N)CCC(=O)Nc1ccc2ccccc2c1. The van der Waals surface area contributed by atoms with Gasteiger partial charge in [0.2, 0.25) is 5.91 Å². The van der Waals surface area contributed by atoms with Crippen molar-refractivity contribution in [3.63, 3.8) is 0 Å². The Morgan fingerprint density at radius 2 is 1.94 bits per heavy atom. The smallest absolute Gasteiger partial charge is 0.224 e. The van der Waals surface area contributed by atoms with Crippen molar-refractivity contribution in [1.82, 2.24) is 0 Å². The van der Waals surface area contributed by atoms with Gasteiger partial charge in [-0.05, 0) is 36.2 Å². The molecule has 0 aliphatic rings. The predicted octanol–water partition coefficient (Wildman–Crippen LogP) is 2.91. The predicted molar refractivity (Wildman–Crippen MR) is 75.5 cm³/mol. The minimum absolute atomic E-state index is 0.0163. The van der Waals surface area contributed by atoms with Crippen LogP contribution in [0, 0.1) is 0 Å². The van der Waals surface area contributed by atoms with Gasteiger partial charge in [0, 0.05) is 18.2 Å². The summed E-state index contributed by atoms with van der Waals surface area (Å²) in [7, 11) is 0. The van der Waals surface area contributed by atoms with Crippen molar-refractivity contribution >= 4 is 22.4 Å². The summed E-state index contributed by atoms with van der Waals surface area (Å²) in [6, 6.07) is 14.1. The van der Waals surface area contributed by atoms with Crippen LogP contribution < -0.4 is 11.1 Å². The van der Waals surface area contributed by atoms with Gasteiger partial charge in [0.25, 0.3) is 0 Å². The third-order valence-corrected chi connectivity index (χ3v) is 2.86. The van der Waals surface area contributed by atoms with E-state index in [2.05, 4.69) is 11.4 Å². The number of benzene rings is 2. The zero-order valence-electron chi connectivity index (χ0n) is 10.5. The Morgan fingerprint density at radius 1 is 1.22 bits per heavy atom. The van der Waals surface area contributed by atoms with E-state index in [1.54, 1.807) is 0 Å². The van der Waals surface area contributed by atoms with Crippen LogP contribution in [0.4, 0.5) is 5.69 Å². The van der Waals surface area contributed by atoms with Gasteiger partial charge in [-0.15, -0.1) is 0 Å². The Labute approximate surface area is 107 Å². The van der Waals surface area contributed by atoms with Crippen molar-refractivity contribution in [3.05, 3.63) is 42.5 Å². The zero-order chi connectivity index (χ0) is 13.0. The summed E-state index contributed by atoms with van der Waals surface area (Å²) in [5, 5.41) is 5.19. The van der Waals surface area contributed by atoms with E-state index in [-0.39, 0.29) is 11.9 Å². The molecular formula is C15H18N2O. The van der Waals surface area contributed by atoms with E-state index >= 15 is 0 Å². The first-order valence-electron chi connectivity index (χ1n) is 6.19. The molecule has 0 saturated carbocycles. The standard InChI is InChI=1S/C15H18N2O/c1-11(16)6-9-15(18)17-14-8-7-12-4-2-3-5-13(12)10-14/h2-5,7-8,10-11H,6,9,16H2,1H3,(H,17,18). The Hall–Kier alpha value is -1.87. The summed E-state index contributed by atoms with van der Waals surface area (Å²) in [4.78, 5) is 11.7. The molecule has 3 nitrogen and oxygen atoms in total. The molecule has 2 aromatic rings. The summed E-state index contributed by atoms with van der Waals surface area (Å²) in [6.45, 7) is 1.91. The second kappa shape index (κ2) is 5.65. The summed E-state index contributed by atoms with van der Waals surface area (Å²) in [5.74, 6) is 0.0163. The van der Waals surface area contributed by atoms with Crippen LogP contribution in [0.25, 0.3) is 10.8 Å². The van der Waals surface area contributed by atoms with Crippen LogP contribution in [0.2, 0.25) is 0 Å². The average molecular weight is 242 g/mol. The van der Waals surface area contributed by atoms with E-state index in [4.69, 9.17) is 5.73 Å². The van der Waals surface area contributed by atoms with Crippen molar-refractivity contribution in [3.8, 4) is 0 Å². The molecule has 18 heavy (non-hydrogen) atoms. The maximum atomic E-state index is 11.7. The van der Waals surface area contributed by atoms with Gasteiger partial charge in [-0.2, -0.15) is 0 Å². The minimum atomic E-state index is 0.0163. The lowest BCUT2D eigenvalue weighted by Crippen LogP contribution is -2.19. The molecular weight excluding hydrogens is 224 g/mol. The molecule has 0 heterocycles. The lowest BCUT2D eigenvalue weighted by atomic mass is 10.1. The molecule has 0 spiro atoms. The van der Waals surface area contributed by atoms with E-state index in [0.717, 1.165) is 11.1 Å². The summed E-state index contributed by atoms with van der Waals surface area (Å²) < 4.78 is 0. The highest BCUT2D eigenvalue weighted by atomic mass is 16.1. The highest BCUT2D eigenvalue weighted by Gasteiger charge is 2.04. The summed E-state index contributed by atoms with van der Waals surface area (Å²) >= 11 is 0. The van der Waals surface area contributed by atoms with Crippen LogP contribution in [0.1, 0.15) is 19.8 Å². The number of rotatable bonds is 4. The van der Waals surface area contributed by atoms with Gasteiger partial charge in [-0.1, -0.05) is 30.3 Å². The second-order valence-electron chi connectivity index (χ2n) is 4.63. The van der Waals surface area contributed by atoms with E-state index in [9.17, 15) is 4.79 Å². The summed E-state index contributed by atoms with van der Waals surface area (Å²) in [5.41, 5.74) is 6.46. The molecule has 94 valence electrons. The second-order valence-corrected chi connectivity index (χ2v) is 4.63. The van der Waals surface area contributed by atoms with Gasteiger partial charge in [0.15, 0.2) is 0 Å². The van der Waals surface area contributed by atoms with E-state index < -0.39 is 0 Å². The van der Waals surface area contributed by atoms with Crippen LogP contribution in [0.15, 0.2) is 42.5 Å². The number of fused-ring (bicyclic) bond motifs is 1. The van der Waals surface area contributed by atoms with E-state index in [0.29, 0.717) is 12.8 Å². The average Bonchev–Trinajstić information content (AvgIpc) is 2.36. The third kappa shape index (κ3) is 3.31. The van der Waals surface area contributed by atoms with E-state index in [1.807, 2.05) is 43.3 Å². The fourth-order valence-corrected chi connectivity index (χ4v) is 1.85. The van der Waals surface area contributed by atoms with Crippen molar-refractivity contribution in [2.45, 2.75) is 25.8 Å². The number of hydrogen-bond acceptors (Lipinski definition) is 2. The molecule has 3 N–H and O–H groups in total. The molecule has 1 unspecified atom stereocenters. The highest BCUT2D eigenvalue weighted by molar-refractivity contribution is 5.94. The molecule has 3 heteroatoms. The molecule has 2 aromatic carbocycles. The number of carbonyl (C=O) groups is 1. The number of carbonyl (C=O) groups excluding carboxylic acids is 1. The molecule has 0 aromatic heterocycles. The highest BCUT2D eigenvalue weighted by Crippen LogP contribution is 2.19. The van der Waals surface area contributed by atoms with Crippen molar-refractivity contribution in [2.24, 2.45) is 5.73 Å². The maximum Gasteiger partial charge on any atom is 0.224 e. The quantitative estimate of drug-likeness (QED) is 0.866. The lowest BCUT2D eigenvalue weighted by Gasteiger charge is -2.08. The molecule has 1 atom stereocenters. The van der Waals surface area contributed by atoms with Crippen LogP contribution in [0.5, 0.6) is 0 Å². The molecule has 0 aliphatic carbocycles. The van der Waals surface area contributed by atoms with Crippen molar-refractivity contribution < 1.29 is 4.79 Å².